The van der Waals surface area contributed by atoms with Gasteiger partial charge in [0.1, 0.15) is 0 Å². The lowest BCUT2D eigenvalue weighted by Crippen LogP contribution is -2.38. The number of aromatic hydroxyl groups is 1. The number of sulfonamides is 1. The second-order valence-electron chi connectivity index (χ2n) is 9.18. The van der Waals surface area contributed by atoms with Crippen LogP contribution in [-0.4, -0.2) is 42.2 Å². The predicted molar refractivity (Wildman–Crippen MR) is 128 cm³/mol. The largest absolute Gasteiger partial charge is 0.503 e. The molecule has 0 fully saturated rings. The van der Waals surface area contributed by atoms with E-state index in [9.17, 15) is 18.3 Å². The number of hydrogen-bond donors (Lipinski definition) is 2. The van der Waals surface area contributed by atoms with E-state index in [1.165, 1.54) is 10.5 Å². The first-order valence-corrected chi connectivity index (χ1v) is 12.4. The standard InChI is InChI=1S/C24H26N4O4S/c1-24(2,3)18-8-5-15(6-9-18)16-7-10-19-17(13-16)11-12-28(22(19)30)23-25-14-20(29)21(26-23)27-33(4,31)32/h5-10,13-14,29H,11-12H2,1-4H3,(H,25,26,27). The van der Waals surface area contributed by atoms with Crippen molar-refractivity contribution in [2.75, 3.05) is 22.4 Å². The summed E-state index contributed by atoms with van der Waals surface area (Å²) in [6, 6.07) is 14.2. The predicted octanol–water partition coefficient (Wildman–Crippen LogP) is 3.72. The van der Waals surface area contributed by atoms with E-state index < -0.39 is 15.8 Å². The third-order valence-electron chi connectivity index (χ3n) is 5.55. The van der Waals surface area contributed by atoms with Crippen LogP contribution in [0.2, 0.25) is 0 Å². The van der Waals surface area contributed by atoms with Crippen molar-refractivity contribution < 1.29 is 18.3 Å². The van der Waals surface area contributed by atoms with Crippen molar-refractivity contribution in [1.29, 1.82) is 0 Å². The summed E-state index contributed by atoms with van der Waals surface area (Å²) in [5, 5.41) is 9.87. The summed E-state index contributed by atoms with van der Waals surface area (Å²) in [5.74, 6) is -0.940. The van der Waals surface area contributed by atoms with Gasteiger partial charge in [-0.2, -0.15) is 4.98 Å². The molecule has 2 N–H and O–H groups in total. The number of anilines is 2. The first-order valence-electron chi connectivity index (χ1n) is 10.5. The molecule has 9 heteroatoms. The highest BCUT2D eigenvalue weighted by Gasteiger charge is 2.28. The van der Waals surface area contributed by atoms with E-state index in [4.69, 9.17) is 0 Å². The van der Waals surface area contributed by atoms with Crippen molar-refractivity contribution in [1.82, 2.24) is 9.97 Å². The van der Waals surface area contributed by atoms with E-state index in [0.717, 1.165) is 29.1 Å². The van der Waals surface area contributed by atoms with Gasteiger partial charge < -0.3 is 5.11 Å². The molecule has 1 aromatic heterocycles. The van der Waals surface area contributed by atoms with Gasteiger partial charge in [0.05, 0.1) is 12.5 Å². The van der Waals surface area contributed by atoms with Crippen LogP contribution in [0.1, 0.15) is 42.3 Å². The highest BCUT2D eigenvalue weighted by Crippen LogP contribution is 2.31. The number of nitrogens with one attached hydrogen (secondary N) is 1. The van der Waals surface area contributed by atoms with Crippen molar-refractivity contribution in [2.24, 2.45) is 0 Å². The second-order valence-corrected chi connectivity index (χ2v) is 10.9. The van der Waals surface area contributed by atoms with E-state index in [2.05, 4.69) is 59.7 Å². The van der Waals surface area contributed by atoms with Crippen molar-refractivity contribution in [3.05, 3.63) is 65.4 Å². The van der Waals surface area contributed by atoms with Gasteiger partial charge in [-0.15, -0.1) is 0 Å². The Morgan fingerprint density at radius 1 is 1.06 bits per heavy atom. The lowest BCUT2D eigenvalue weighted by Gasteiger charge is -2.27. The first-order chi connectivity index (χ1) is 15.4. The number of fused-ring (bicyclic) bond motifs is 1. The van der Waals surface area contributed by atoms with Gasteiger partial charge in [0.25, 0.3) is 5.91 Å². The Labute approximate surface area is 193 Å². The fraction of sp³-hybridized carbons (Fsp3) is 0.292. The Bertz CT molecular complexity index is 1330. The van der Waals surface area contributed by atoms with Gasteiger partial charge in [-0.25, -0.2) is 13.4 Å². The zero-order valence-corrected chi connectivity index (χ0v) is 19.8. The maximum absolute atomic E-state index is 13.1. The molecule has 0 saturated heterocycles. The number of carbonyl (C=O) groups excluding carboxylic acids is 1. The van der Waals surface area contributed by atoms with E-state index in [1.54, 1.807) is 6.07 Å². The van der Waals surface area contributed by atoms with E-state index in [0.29, 0.717) is 18.5 Å². The van der Waals surface area contributed by atoms with Gasteiger partial charge >= 0.3 is 0 Å². The molecule has 172 valence electrons. The second kappa shape index (κ2) is 8.15. The zero-order valence-electron chi connectivity index (χ0n) is 19.0. The fourth-order valence-electron chi connectivity index (χ4n) is 3.77. The summed E-state index contributed by atoms with van der Waals surface area (Å²) in [6.07, 6.45) is 2.61. The molecule has 0 saturated carbocycles. The third-order valence-corrected chi connectivity index (χ3v) is 6.11. The molecule has 8 nitrogen and oxygen atoms in total. The van der Waals surface area contributed by atoms with Crippen LogP contribution < -0.4 is 9.62 Å². The molecular weight excluding hydrogens is 440 g/mol. The van der Waals surface area contributed by atoms with Gasteiger partial charge in [-0.1, -0.05) is 57.2 Å². The highest BCUT2D eigenvalue weighted by atomic mass is 32.2. The molecule has 0 bridgehead atoms. The van der Waals surface area contributed by atoms with Crippen molar-refractivity contribution in [3.8, 4) is 16.9 Å². The number of benzene rings is 2. The summed E-state index contributed by atoms with van der Waals surface area (Å²) < 4.78 is 25.2. The molecule has 0 atom stereocenters. The summed E-state index contributed by atoms with van der Waals surface area (Å²) in [5.41, 5.74) is 4.94. The molecule has 0 radical (unpaired) electrons. The van der Waals surface area contributed by atoms with Crippen LogP contribution in [0.4, 0.5) is 11.8 Å². The Balaban J connectivity index is 1.61. The molecule has 0 unspecified atom stereocenters. The molecule has 1 aliphatic heterocycles. The van der Waals surface area contributed by atoms with Gasteiger partial charge in [-0.05, 0) is 40.2 Å². The van der Waals surface area contributed by atoms with Gasteiger partial charge in [0.15, 0.2) is 11.6 Å². The molecule has 1 amide bonds. The minimum Gasteiger partial charge on any atom is -0.503 e. The molecule has 33 heavy (non-hydrogen) atoms. The van der Waals surface area contributed by atoms with Crippen molar-refractivity contribution >= 4 is 27.7 Å². The third kappa shape index (κ3) is 4.83. The van der Waals surface area contributed by atoms with Crippen LogP contribution in [0.3, 0.4) is 0 Å². The molecule has 3 aromatic rings. The zero-order chi connectivity index (χ0) is 24.0. The Morgan fingerprint density at radius 2 is 1.73 bits per heavy atom. The molecule has 2 aromatic carbocycles. The smallest absolute Gasteiger partial charge is 0.260 e. The number of nitrogens with zero attached hydrogens (tertiary/aromatic N) is 3. The highest BCUT2D eigenvalue weighted by molar-refractivity contribution is 7.92. The monoisotopic (exact) mass is 466 g/mol. The molecular formula is C24H26N4O4S. The summed E-state index contributed by atoms with van der Waals surface area (Å²) in [7, 11) is -3.66. The van der Waals surface area contributed by atoms with Gasteiger partial charge in [-0.3, -0.25) is 14.4 Å². The normalized spacial score (nSPS) is 14.2. The Hall–Kier alpha value is -3.46. The fourth-order valence-corrected chi connectivity index (χ4v) is 4.27. The van der Waals surface area contributed by atoms with Crippen molar-refractivity contribution in [3.63, 3.8) is 0 Å². The number of carbonyl (C=O) groups is 1. The van der Waals surface area contributed by atoms with E-state index in [1.807, 2.05) is 12.1 Å². The summed E-state index contributed by atoms with van der Waals surface area (Å²) >= 11 is 0. The quantitative estimate of drug-likeness (QED) is 0.606. The van der Waals surface area contributed by atoms with Crippen LogP contribution in [0.5, 0.6) is 5.75 Å². The maximum Gasteiger partial charge on any atom is 0.260 e. The van der Waals surface area contributed by atoms with Crippen LogP contribution in [-0.2, 0) is 21.9 Å². The number of rotatable bonds is 4. The molecule has 4 rings (SSSR count). The average molecular weight is 467 g/mol. The van der Waals surface area contributed by atoms with Crippen molar-refractivity contribution in [2.45, 2.75) is 32.6 Å². The molecule has 0 aliphatic carbocycles. The molecule has 2 heterocycles. The van der Waals surface area contributed by atoms with Crippen LogP contribution in [0.15, 0.2) is 48.7 Å². The Kier molecular flexibility index (Phi) is 5.61. The SMILES string of the molecule is CC(C)(C)c1ccc(-c2ccc3c(c2)CCN(c2ncc(O)c(NS(C)(=O)=O)n2)C3=O)cc1. The summed E-state index contributed by atoms with van der Waals surface area (Å²) in [4.78, 5) is 22.6. The Morgan fingerprint density at radius 3 is 2.36 bits per heavy atom. The van der Waals surface area contributed by atoms with E-state index in [-0.39, 0.29) is 23.1 Å². The lowest BCUT2D eigenvalue weighted by atomic mass is 9.86. The maximum atomic E-state index is 13.1. The van der Waals surface area contributed by atoms with Gasteiger partial charge in [0, 0.05) is 12.1 Å². The van der Waals surface area contributed by atoms with Crippen LogP contribution in [0, 0.1) is 0 Å². The van der Waals surface area contributed by atoms with E-state index >= 15 is 0 Å². The topological polar surface area (TPSA) is 112 Å². The summed E-state index contributed by atoms with van der Waals surface area (Å²) in [6.45, 7) is 6.87. The minimum atomic E-state index is -3.66. The minimum absolute atomic E-state index is 0.0245. The van der Waals surface area contributed by atoms with Crippen LogP contribution >= 0.6 is 0 Å². The number of amides is 1. The van der Waals surface area contributed by atoms with Crippen LogP contribution in [0.25, 0.3) is 11.1 Å². The number of hydrogen-bond acceptors (Lipinski definition) is 6. The molecule has 0 spiro atoms. The lowest BCUT2D eigenvalue weighted by molar-refractivity contribution is 0.0979. The first kappa shape index (κ1) is 22.7. The molecule has 1 aliphatic rings. The number of aromatic nitrogens is 2. The van der Waals surface area contributed by atoms with Gasteiger partial charge in [0.2, 0.25) is 16.0 Å². The average Bonchev–Trinajstić information content (AvgIpc) is 2.74.